The van der Waals surface area contributed by atoms with Crippen molar-refractivity contribution >= 4 is 29.0 Å². The number of thiophene rings is 1. The van der Waals surface area contributed by atoms with Crippen molar-refractivity contribution in [3.63, 3.8) is 0 Å². The van der Waals surface area contributed by atoms with E-state index in [1.54, 1.807) is 16.0 Å². The molecule has 2 aromatic heterocycles. The van der Waals surface area contributed by atoms with Crippen LogP contribution in [0.15, 0.2) is 53.0 Å². The summed E-state index contributed by atoms with van der Waals surface area (Å²) in [4.78, 5) is 13.6. The van der Waals surface area contributed by atoms with E-state index >= 15 is 0 Å². The van der Waals surface area contributed by atoms with Crippen LogP contribution in [0.5, 0.6) is 0 Å². The summed E-state index contributed by atoms with van der Waals surface area (Å²) in [5, 5.41) is 17.5. The summed E-state index contributed by atoms with van der Waals surface area (Å²) in [5.41, 5.74) is 0.869. The highest BCUT2D eigenvalue weighted by molar-refractivity contribution is 7.99. The zero-order valence-electron chi connectivity index (χ0n) is 14.0. The number of hydrogen-bond donors (Lipinski definition) is 1. The first-order valence-corrected chi connectivity index (χ1v) is 9.81. The summed E-state index contributed by atoms with van der Waals surface area (Å²) < 4.78 is 1.64. The first-order chi connectivity index (χ1) is 12.1. The van der Waals surface area contributed by atoms with Crippen LogP contribution in [0.25, 0.3) is 5.69 Å². The quantitative estimate of drug-likeness (QED) is 0.643. The average molecular weight is 374 g/mol. The Labute approximate surface area is 154 Å². The molecule has 1 N–H and O–H groups in total. The molecule has 0 saturated heterocycles. The lowest BCUT2D eigenvalue weighted by Gasteiger charge is -2.21. The molecule has 0 fully saturated rings. The largest absolute Gasteiger partial charge is 0.347 e. The van der Waals surface area contributed by atoms with Gasteiger partial charge in [0.15, 0.2) is 0 Å². The molecular formula is C17H19N5OS2. The third kappa shape index (κ3) is 4.46. The van der Waals surface area contributed by atoms with Gasteiger partial charge in [0.1, 0.15) is 0 Å². The minimum absolute atomic E-state index is 0.0261. The third-order valence-corrected chi connectivity index (χ3v) is 5.48. The molecule has 0 radical (unpaired) electrons. The highest BCUT2D eigenvalue weighted by Crippen LogP contribution is 2.26. The van der Waals surface area contributed by atoms with Gasteiger partial charge in [0.2, 0.25) is 11.1 Å². The molecule has 1 unspecified atom stereocenters. The lowest BCUT2D eigenvalue weighted by atomic mass is 10.0. The number of nitrogens with zero attached hydrogens (tertiary/aromatic N) is 4. The van der Waals surface area contributed by atoms with Gasteiger partial charge in [-0.05, 0) is 39.9 Å². The maximum absolute atomic E-state index is 12.4. The maximum atomic E-state index is 12.4. The number of thioether (sulfide) groups is 1. The van der Waals surface area contributed by atoms with Crippen LogP contribution in [0.4, 0.5) is 0 Å². The number of para-hydroxylation sites is 1. The zero-order chi connectivity index (χ0) is 17.6. The predicted octanol–water partition coefficient (Wildman–Crippen LogP) is 3.33. The maximum Gasteiger partial charge on any atom is 0.230 e. The van der Waals surface area contributed by atoms with Crippen molar-refractivity contribution in [2.75, 3.05) is 5.75 Å². The molecular weight excluding hydrogens is 354 g/mol. The van der Waals surface area contributed by atoms with Crippen molar-refractivity contribution in [2.24, 2.45) is 5.92 Å². The van der Waals surface area contributed by atoms with Gasteiger partial charge in [0.25, 0.3) is 0 Å². The molecule has 8 heteroatoms. The van der Waals surface area contributed by atoms with Crippen molar-refractivity contribution in [1.82, 2.24) is 25.5 Å². The molecule has 3 rings (SSSR count). The molecule has 2 heterocycles. The molecule has 3 aromatic rings. The topological polar surface area (TPSA) is 72.7 Å². The van der Waals surface area contributed by atoms with E-state index in [9.17, 15) is 4.79 Å². The van der Waals surface area contributed by atoms with Crippen LogP contribution in [0.2, 0.25) is 0 Å². The molecule has 130 valence electrons. The van der Waals surface area contributed by atoms with Crippen LogP contribution in [0.1, 0.15) is 24.8 Å². The Morgan fingerprint density at radius 1 is 1.24 bits per heavy atom. The van der Waals surface area contributed by atoms with Crippen LogP contribution >= 0.6 is 23.1 Å². The van der Waals surface area contributed by atoms with E-state index in [-0.39, 0.29) is 17.7 Å². The number of carbonyl (C=O) groups excluding carboxylic acids is 1. The molecule has 0 spiro atoms. The fraction of sp³-hybridized carbons (Fsp3) is 0.294. The number of nitrogens with one attached hydrogen (secondary N) is 1. The number of aromatic nitrogens is 4. The van der Waals surface area contributed by atoms with Gasteiger partial charge in [-0.1, -0.05) is 49.9 Å². The number of hydrogen-bond acceptors (Lipinski definition) is 6. The minimum atomic E-state index is -0.0280. The molecule has 0 aliphatic carbocycles. The second-order valence-electron chi connectivity index (χ2n) is 5.80. The monoisotopic (exact) mass is 373 g/mol. The summed E-state index contributed by atoms with van der Waals surface area (Å²) in [7, 11) is 0. The van der Waals surface area contributed by atoms with Gasteiger partial charge >= 0.3 is 0 Å². The van der Waals surface area contributed by atoms with Gasteiger partial charge in [-0.3, -0.25) is 4.79 Å². The fourth-order valence-corrected chi connectivity index (χ4v) is 4.03. The zero-order valence-corrected chi connectivity index (χ0v) is 15.6. The van der Waals surface area contributed by atoms with E-state index in [0.717, 1.165) is 5.69 Å². The molecule has 6 nitrogen and oxygen atoms in total. The van der Waals surface area contributed by atoms with E-state index in [1.165, 1.54) is 16.6 Å². The Bertz CT molecular complexity index is 802. The van der Waals surface area contributed by atoms with Gasteiger partial charge in [-0.2, -0.15) is 4.68 Å². The summed E-state index contributed by atoms with van der Waals surface area (Å²) >= 11 is 2.98. The second-order valence-corrected chi connectivity index (χ2v) is 7.72. The smallest absolute Gasteiger partial charge is 0.230 e. The lowest BCUT2D eigenvalue weighted by molar-refractivity contribution is -0.119. The van der Waals surface area contributed by atoms with Gasteiger partial charge in [0, 0.05) is 4.88 Å². The first-order valence-electron chi connectivity index (χ1n) is 7.94. The van der Waals surface area contributed by atoms with Crippen molar-refractivity contribution in [3.05, 3.63) is 52.7 Å². The SMILES string of the molecule is CC(C)C(NC(=O)CSc1nnnn1-c1ccccc1)c1cccs1. The van der Waals surface area contributed by atoms with Crippen molar-refractivity contribution < 1.29 is 4.79 Å². The van der Waals surface area contributed by atoms with Crippen LogP contribution in [-0.4, -0.2) is 31.9 Å². The first kappa shape index (κ1) is 17.6. The van der Waals surface area contributed by atoms with Gasteiger partial charge < -0.3 is 5.32 Å². The number of tetrazole rings is 1. The number of amides is 1. The molecule has 0 aliphatic heterocycles. The van der Waals surface area contributed by atoms with Crippen LogP contribution in [-0.2, 0) is 4.79 Å². The van der Waals surface area contributed by atoms with Crippen LogP contribution in [0, 0.1) is 5.92 Å². The predicted molar refractivity (Wildman–Crippen MR) is 99.9 cm³/mol. The molecule has 1 atom stereocenters. The summed E-state index contributed by atoms with van der Waals surface area (Å²) in [5.74, 6) is 0.559. The Balaban J connectivity index is 1.62. The van der Waals surface area contributed by atoms with E-state index < -0.39 is 0 Å². The van der Waals surface area contributed by atoms with Crippen molar-refractivity contribution in [3.8, 4) is 5.69 Å². The van der Waals surface area contributed by atoms with E-state index in [2.05, 4.69) is 40.8 Å². The summed E-state index contributed by atoms with van der Waals surface area (Å²) in [6.45, 7) is 4.21. The Kier molecular flexibility index (Phi) is 5.83. The molecule has 25 heavy (non-hydrogen) atoms. The number of benzene rings is 1. The second kappa shape index (κ2) is 8.26. The van der Waals surface area contributed by atoms with Gasteiger partial charge in [-0.15, -0.1) is 16.4 Å². The Morgan fingerprint density at radius 2 is 2.04 bits per heavy atom. The summed E-state index contributed by atoms with van der Waals surface area (Å²) in [6.07, 6.45) is 0. The van der Waals surface area contributed by atoms with E-state index in [4.69, 9.17) is 0 Å². The van der Waals surface area contributed by atoms with E-state index in [1.807, 2.05) is 41.8 Å². The average Bonchev–Trinajstić information content (AvgIpc) is 3.30. The van der Waals surface area contributed by atoms with Crippen molar-refractivity contribution in [1.29, 1.82) is 0 Å². The van der Waals surface area contributed by atoms with Crippen LogP contribution in [0.3, 0.4) is 0 Å². The molecule has 0 aliphatic rings. The van der Waals surface area contributed by atoms with Crippen molar-refractivity contribution in [2.45, 2.75) is 25.0 Å². The summed E-state index contributed by atoms with van der Waals surface area (Å²) in [6, 6.07) is 13.7. The standard InChI is InChI=1S/C17H19N5OS2/c1-12(2)16(14-9-6-10-24-14)18-15(23)11-25-17-19-20-21-22(17)13-7-4-3-5-8-13/h3-10,12,16H,11H2,1-2H3,(H,18,23). The Morgan fingerprint density at radius 3 is 2.72 bits per heavy atom. The number of carbonyl (C=O) groups is 1. The fourth-order valence-electron chi connectivity index (χ4n) is 2.38. The molecule has 1 aromatic carbocycles. The van der Waals surface area contributed by atoms with Gasteiger partial charge in [0.05, 0.1) is 17.5 Å². The van der Waals surface area contributed by atoms with Crippen LogP contribution < -0.4 is 5.32 Å². The van der Waals surface area contributed by atoms with Gasteiger partial charge in [-0.25, -0.2) is 0 Å². The molecule has 1 amide bonds. The minimum Gasteiger partial charge on any atom is -0.347 e. The number of rotatable bonds is 7. The van der Waals surface area contributed by atoms with E-state index in [0.29, 0.717) is 11.1 Å². The third-order valence-electron chi connectivity index (χ3n) is 3.61. The lowest BCUT2D eigenvalue weighted by Crippen LogP contribution is -2.32. The highest BCUT2D eigenvalue weighted by Gasteiger charge is 2.20. The normalized spacial score (nSPS) is 12.3. The molecule has 0 saturated carbocycles. The highest BCUT2D eigenvalue weighted by atomic mass is 32.2. The molecule has 0 bridgehead atoms. The Hall–Kier alpha value is -2.19.